The number of anilines is 1. The Kier molecular flexibility index (Phi) is 2.70. The number of nitrogens with one attached hydrogen (secondary N) is 1. The fraction of sp³-hybridized carbons (Fsp3) is 0.364. The van der Waals surface area contributed by atoms with Gasteiger partial charge in [0, 0.05) is 24.5 Å². The Hall–Kier alpha value is -1.75. The topological polar surface area (TPSA) is 76.7 Å². The van der Waals surface area contributed by atoms with Gasteiger partial charge in [0.05, 0.1) is 0 Å². The summed E-state index contributed by atoms with van der Waals surface area (Å²) in [5.74, 6) is 0.767. The van der Waals surface area contributed by atoms with E-state index in [1.165, 1.54) is 0 Å². The largest absolute Gasteiger partial charge is 0.364 e. The molecule has 2 rings (SSSR count). The van der Waals surface area contributed by atoms with Crippen LogP contribution in [0, 0.1) is 0 Å². The molecular weight excluding hydrogens is 202 g/mol. The van der Waals surface area contributed by atoms with Crippen LogP contribution in [-0.2, 0) is 0 Å². The Balaban J connectivity index is 2.33. The van der Waals surface area contributed by atoms with Gasteiger partial charge in [-0.1, -0.05) is 0 Å². The van der Waals surface area contributed by atoms with Gasteiger partial charge in [-0.2, -0.15) is 0 Å². The SMILES string of the molecule is CC(C)(CN)Nc1ccc2nccnc2n1. The van der Waals surface area contributed by atoms with Crippen molar-refractivity contribution in [3.8, 4) is 0 Å². The van der Waals surface area contributed by atoms with Crippen LogP contribution in [-0.4, -0.2) is 27.0 Å². The van der Waals surface area contributed by atoms with Crippen molar-refractivity contribution in [1.29, 1.82) is 0 Å². The summed E-state index contributed by atoms with van der Waals surface area (Å²) >= 11 is 0. The molecule has 0 radical (unpaired) electrons. The first-order chi connectivity index (χ1) is 7.61. The summed E-state index contributed by atoms with van der Waals surface area (Å²) in [6.45, 7) is 4.58. The van der Waals surface area contributed by atoms with Crippen molar-refractivity contribution < 1.29 is 0 Å². The second-order valence-electron chi connectivity index (χ2n) is 4.31. The highest BCUT2D eigenvalue weighted by Crippen LogP contribution is 2.14. The van der Waals surface area contributed by atoms with Gasteiger partial charge in [-0.25, -0.2) is 9.97 Å². The zero-order chi connectivity index (χ0) is 11.6. The van der Waals surface area contributed by atoms with Crippen LogP contribution >= 0.6 is 0 Å². The highest BCUT2D eigenvalue weighted by atomic mass is 15.1. The molecule has 2 heterocycles. The van der Waals surface area contributed by atoms with Crippen molar-refractivity contribution in [3.05, 3.63) is 24.5 Å². The third kappa shape index (κ3) is 2.25. The summed E-state index contributed by atoms with van der Waals surface area (Å²) in [6, 6.07) is 3.78. The van der Waals surface area contributed by atoms with E-state index in [2.05, 4.69) is 20.3 Å². The summed E-state index contributed by atoms with van der Waals surface area (Å²) in [5, 5.41) is 3.26. The van der Waals surface area contributed by atoms with E-state index in [-0.39, 0.29) is 5.54 Å². The first-order valence-electron chi connectivity index (χ1n) is 5.17. The molecule has 0 fully saturated rings. The van der Waals surface area contributed by atoms with Crippen LogP contribution < -0.4 is 11.1 Å². The number of rotatable bonds is 3. The van der Waals surface area contributed by atoms with E-state index in [1.54, 1.807) is 12.4 Å². The molecule has 2 aromatic rings. The second kappa shape index (κ2) is 4.02. The fourth-order valence-electron chi connectivity index (χ4n) is 1.32. The second-order valence-corrected chi connectivity index (χ2v) is 4.31. The molecule has 5 heteroatoms. The molecule has 0 aliphatic rings. The molecule has 0 unspecified atom stereocenters. The third-order valence-electron chi connectivity index (χ3n) is 2.31. The van der Waals surface area contributed by atoms with Crippen molar-refractivity contribution in [2.75, 3.05) is 11.9 Å². The minimum absolute atomic E-state index is 0.178. The summed E-state index contributed by atoms with van der Waals surface area (Å²) in [7, 11) is 0. The molecule has 0 aromatic carbocycles. The average molecular weight is 217 g/mol. The van der Waals surface area contributed by atoms with Crippen molar-refractivity contribution in [3.63, 3.8) is 0 Å². The van der Waals surface area contributed by atoms with Gasteiger partial charge in [0.15, 0.2) is 5.65 Å². The van der Waals surface area contributed by atoms with Crippen molar-refractivity contribution in [2.24, 2.45) is 5.73 Å². The monoisotopic (exact) mass is 217 g/mol. The van der Waals surface area contributed by atoms with Crippen LogP contribution in [0.5, 0.6) is 0 Å². The van der Waals surface area contributed by atoms with Crippen LogP contribution in [0.25, 0.3) is 11.2 Å². The highest BCUT2D eigenvalue weighted by Gasteiger charge is 2.15. The number of hydrogen-bond acceptors (Lipinski definition) is 5. The molecule has 0 atom stereocenters. The molecule has 0 amide bonds. The van der Waals surface area contributed by atoms with Crippen LogP contribution in [0.1, 0.15) is 13.8 Å². The zero-order valence-corrected chi connectivity index (χ0v) is 9.44. The van der Waals surface area contributed by atoms with Gasteiger partial charge in [0.1, 0.15) is 11.3 Å². The maximum Gasteiger partial charge on any atom is 0.180 e. The van der Waals surface area contributed by atoms with Crippen LogP contribution in [0.4, 0.5) is 5.82 Å². The van der Waals surface area contributed by atoms with Crippen LogP contribution in [0.15, 0.2) is 24.5 Å². The van der Waals surface area contributed by atoms with Crippen molar-refractivity contribution >= 4 is 17.0 Å². The van der Waals surface area contributed by atoms with Crippen LogP contribution in [0.3, 0.4) is 0 Å². The lowest BCUT2D eigenvalue weighted by molar-refractivity contribution is 0.577. The lowest BCUT2D eigenvalue weighted by Gasteiger charge is -2.24. The highest BCUT2D eigenvalue weighted by molar-refractivity contribution is 5.71. The standard InChI is InChI=1S/C11H15N5/c1-11(2,7-12)16-9-4-3-8-10(15-9)14-6-5-13-8/h3-6H,7,12H2,1-2H3,(H,14,15,16). The molecule has 0 aliphatic heterocycles. The van der Waals surface area contributed by atoms with E-state index in [1.807, 2.05) is 26.0 Å². The van der Waals surface area contributed by atoms with E-state index in [0.29, 0.717) is 12.2 Å². The molecule has 2 aromatic heterocycles. The summed E-state index contributed by atoms with van der Waals surface area (Å²) < 4.78 is 0. The lowest BCUT2D eigenvalue weighted by atomic mass is 10.1. The molecule has 0 saturated heterocycles. The Bertz CT molecular complexity index is 494. The Morgan fingerprint density at radius 3 is 2.75 bits per heavy atom. The van der Waals surface area contributed by atoms with Gasteiger partial charge in [-0.3, -0.25) is 4.98 Å². The molecule has 0 saturated carbocycles. The van der Waals surface area contributed by atoms with Gasteiger partial charge < -0.3 is 11.1 Å². The Labute approximate surface area is 94.1 Å². The maximum atomic E-state index is 5.65. The smallest absolute Gasteiger partial charge is 0.180 e. The summed E-state index contributed by atoms with van der Waals surface area (Å²) in [5.41, 5.74) is 6.90. The van der Waals surface area contributed by atoms with Crippen LogP contribution in [0.2, 0.25) is 0 Å². The summed E-state index contributed by atoms with van der Waals surface area (Å²) in [6.07, 6.45) is 3.29. The number of nitrogens with zero attached hydrogens (tertiary/aromatic N) is 3. The molecule has 3 N–H and O–H groups in total. The van der Waals surface area contributed by atoms with E-state index in [4.69, 9.17) is 5.73 Å². The number of hydrogen-bond donors (Lipinski definition) is 2. The van der Waals surface area contributed by atoms with Gasteiger partial charge >= 0.3 is 0 Å². The molecule has 16 heavy (non-hydrogen) atoms. The maximum absolute atomic E-state index is 5.65. The van der Waals surface area contributed by atoms with Crippen molar-refractivity contribution in [1.82, 2.24) is 15.0 Å². The van der Waals surface area contributed by atoms with Gasteiger partial charge in [-0.15, -0.1) is 0 Å². The fourth-order valence-corrected chi connectivity index (χ4v) is 1.32. The van der Waals surface area contributed by atoms with E-state index in [9.17, 15) is 0 Å². The molecule has 5 nitrogen and oxygen atoms in total. The quantitative estimate of drug-likeness (QED) is 0.807. The normalized spacial score (nSPS) is 11.7. The van der Waals surface area contributed by atoms with E-state index < -0.39 is 0 Å². The first kappa shape index (κ1) is 10.8. The van der Waals surface area contributed by atoms with Gasteiger partial charge in [0.2, 0.25) is 0 Å². The van der Waals surface area contributed by atoms with Gasteiger partial charge in [0.25, 0.3) is 0 Å². The predicted molar refractivity (Wildman–Crippen MR) is 64.1 cm³/mol. The molecule has 0 spiro atoms. The minimum atomic E-state index is -0.178. The number of nitrogens with two attached hydrogens (primary N) is 1. The zero-order valence-electron chi connectivity index (χ0n) is 9.44. The average Bonchev–Trinajstić information content (AvgIpc) is 2.28. The molecule has 0 aliphatic carbocycles. The number of aromatic nitrogens is 3. The predicted octanol–water partition coefficient (Wildman–Crippen LogP) is 1.17. The summed E-state index contributed by atoms with van der Waals surface area (Å²) in [4.78, 5) is 12.7. The van der Waals surface area contributed by atoms with Gasteiger partial charge in [-0.05, 0) is 26.0 Å². The lowest BCUT2D eigenvalue weighted by Crippen LogP contribution is -2.39. The van der Waals surface area contributed by atoms with Crippen molar-refractivity contribution in [2.45, 2.75) is 19.4 Å². The van der Waals surface area contributed by atoms with E-state index in [0.717, 1.165) is 11.3 Å². The molecular formula is C11H15N5. The Morgan fingerprint density at radius 1 is 1.25 bits per heavy atom. The first-order valence-corrected chi connectivity index (χ1v) is 5.17. The molecule has 0 bridgehead atoms. The Morgan fingerprint density at radius 2 is 2.00 bits per heavy atom. The minimum Gasteiger partial charge on any atom is -0.364 e. The molecule has 84 valence electrons. The number of fused-ring (bicyclic) bond motifs is 1. The van der Waals surface area contributed by atoms with E-state index >= 15 is 0 Å². The number of pyridine rings is 1. The third-order valence-corrected chi connectivity index (χ3v) is 2.31.